The zero-order valence-electron chi connectivity index (χ0n) is 18.6. The maximum atomic E-state index is 13.6. The Morgan fingerprint density at radius 3 is 2.74 bits per heavy atom. The molecule has 0 aliphatic carbocycles. The van der Waals surface area contributed by atoms with Gasteiger partial charge in [0.1, 0.15) is 16.2 Å². The number of carbonyl (C=O) groups excluding carboxylic acids is 2. The summed E-state index contributed by atoms with van der Waals surface area (Å²) in [5.74, 6) is -1.17. The highest BCUT2D eigenvalue weighted by atomic mass is 32.1. The van der Waals surface area contributed by atoms with Crippen molar-refractivity contribution in [3.63, 3.8) is 0 Å². The van der Waals surface area contributed by atoms with E-state index in [2.05, 4.69) is 4.98 Å². The number of hydrogen-bond donors (Lipinski definition) is 1. The lowest BCUT2D eigenvalue weighted by Crippen LogP contribution is -2.29. The molecule has 0 bridgehead atoms. The number of ether oxygens (including phenoxy) is 1. The van der Waals surface area contributed by atoms with Gasteiger partial charge in [-0.05, 0) is 50.6 Å². The number of amides is 1. The second-order valence-corrected chi connectivity index (χ2v) is 8.96. The van der Waals surface area contributed by atoms with E-state index in [-0.39, 0.29) is 39.1 Å². The standard InChI is InChI=1S/C25H20N2O6S/c1-4-32-24(31)22-13(3)26-25(34-22)27-19(14-6-5-7-15(28)11-14)18-20(29)16-10-12(2)8-9-17(16)33-21(18)23(27)30/h5-11,19,28H,4H2,1-3H3. The molecule has 1 atom stereocenters. The molecule has 0 fully saturated rings. The molecule has 0 saturated heterocycles. The third-order valence-corrected chi connectivity index (χ3v) is 6.80. The van der Waals surface area contributed by atoms with Crippen molar-refractivity contribution in [1.29, 1.82) is 0 Å². The molecule has 8 nitrogen and oxygen atoms in total. The first-order chi connectivity index (χ1) is 16.3. The minimum absolute atomic E-state index is 0.0121. The normalized spacial score (nSPS) is 15.1. The van der Waals surface area contributed by atoms with Crippen molar-refractivity contribution in [2.75, 3.05) is 11.5 Å². The number of fused-ring (bicyclic) bond motifs is 2. The Morgan fingerprint density at radius 1 is 1.21 bits per heavy atom. The van der Waals surface area contributed by atoms with Crippen molar-refractivity contribution in [2.24, 2.45) is 0 Å². The zero-order valence-corrected chi connectivity index (χ0v) is 19.4. The molecular weight excluding hydrogens is 456 g/mol. The second kappa shape index (κ2) is 8.11. The van der Waals surface area contributed by atoms with Crippen LogP contribution in [0.15, 0.2) is 51.7 Å². The Labute approximate surface area is 198 Å². The van der Waals surface area contributed by atoms with Crippen LogP contribution in [0.2, 0.25) is 0 Å². The number of thiazole rings is 1. The van der Waals surface area contributed by atoms with Crippen LogP contribution >= 0.6 is 11.3 Å². The number of hydrogen-bond acceptors (Lipinski definition) is 8. The molecule has 4 aromatic rings. The van der Waals surface area contributed by atoms with Crippen molar-refractivity contribution in [1.82, 2.24) is 4.98 Å². The molecule has 2 aromatic carbocycles. The van der Waals surface area contributed by atoms with E-state index in [0.717, 1.165) is 16.9 Å². The van der Waals surface area contributed by atoms with E-state index >= 15 is 0 Å². The number of benzene rings is 2. The number of carbonyl (C=O) groups is 2. The largest absolute Gasteiger partial charge is 0.508 e. The first kappa shape index (κ1) is 21.8. The van der Waals surface area contributed by atoms with Crippen LogP contribution < -0.4 is 10.3 Å². The molecule has 9 heteroatoms. The van der Waals surface area contributed by atoms with Gasteiger partial charge in [-0.15, -0.1) is 0 Å². The van der Waals surface area contributed by atoms with E-state index < -0.39 is 17.9 Å². The summed E-state index contributed by atoms with van der Waals surface area (Å²) in [4.78, 5) is 45.7. The van der Waals surface area contributed by atoms with E-state index in [0.29, 0.717) is 22.2 Å². The molecule has 3 heterocycles. The predicted octanol–water partition coefficient (Wildman–Crippen LogP) is 4.50. The fraction of sp³-hybridized carbons (Fsp3) is 0.200. The molecular formula is C25H20N2O6S. The van der Waals surface area contributed by atoms with Crippen LogP contribution in [0, 0.1) is 13.8 Å². The number of phenolic OH excluding ortho intramolecular Hbond substituents is 1. The first-order valence-corrected chi connectivity index (χ1v) is 11.5. The van der Waals surface area contributed by atoms with Crippen LogP contribution in [0.3, 0.4) is 0 Å². The summed E-state index contributed by atoms with van der Waals surface area (Å²) in [5, 5.41) is 10.7. The maximum Gasteiger partial charge on any atom is 0.350 e. The average molecular weight is 477 g/mol. The maximum absolute atomic E-state index is 13.6. The van der Waals surface area contributed by atoms with Crippen LogP contribution in [0.5, 0.6) is 5.75 Å². The summed E-state index contributed by atoms with van der Waals surface area (Å²) in [6.45, 7) is 5.43. The second-order valence-electron chi connectivity index (χ2n) is 7.98. The molecule has 2 aromatic heterocycles. The summed E-state index contributed by atoms with van der Waals surface area (Å²) in [5.41, 5.74) is 1.95. The number of anilines is 1. The summed E-state index contributed by atoms with van der Waals surface area (Å²) >= 11 is 1.01. The van der Waals surface area contributed by atoms with Gasteiger partial charge in [-0.2, -0.15) is 0 Å². The van der Waals surface area contributed by atoms with Gasteiger partial charge in [0.05, 0.1) is 29.3 Å². The number of phenols is 1. The number of esters is 1. The molecule has 0 radical (unpaired) electrons. The lowest BCUT2D eigenvalue weighted by Gasteiger charge is -2.22. The molecule has 1 unspecified atom stereocenters. The van der Waals surface area contributed by atoms with Gasteiger partial charge < -0.3 is 14.3 Å². The number of aromatic nitrogens is 1. The molecule has 1 amide bonds. The summed E-state index contributed by atoms with van der Waals surface area (Å²) in [6, 6.07) is 10.6. The van der Waals surface area contributed by atoms with Gasteiger partial charge in [-0.25, -0.2) is 9.78 Å². The number of nitrogens with zero attached hydrogens (tertiary/aromatic N) is 2. The topological polar surface area (TPSA) is 110 Å². The number of aromatic hydroxyl groups is 1. The zero-order chi connectivity index (χ0) is 24.1. The van der Waals surface area contributed by atoms with Gasteiger partial charge >= 0.3 is 5.97 Å². The Kier molecular flexibility index (Phi) is 5.21. The Hall–Kier alpha value is -3.98. The van der Waals surface area contributed by atoms with E-state index in [1.807, 2.05) is 6.92 Å². The van der Waals surface area contributed by atoms with Crippen LogP contribution in [0.25, 0.3) is 11.0 Å². The lowest BCUT2D eigenvalue weighted by molar-refractivity contribution is 0.0531. The van der Waals surface area contributed by atoms with E-state index in [4.69, 9.17) is 9.15 Å². The molecule has 0 spiro atoms. The SMILES string of the molecule is CCOC(=O)c1sc(N2C(=O)c3oc4ccc(C)cc4c(=O)c3C2c2cccc(O)c2)nc1C. The van der Waals surface area contributed by atoms with Crippen molar-refractivity contribution >= 4 is 39.3 Å². The van der Waals surface area contributed by atoms with Gasteiger partial charge in [-0.3, -0.25) is 14.5 Å². The molecule has 34 heavy (non-hydrogen) atoms. The fourth-order valence-corrected chi connectivity index (χ4v) is 5.15. The van der Waals surface area contributed by atoms with Crippen molar-refractivity contribution in [3.05, 3.63) is 85.7 Å². The highest BCUT2D eigenvalue weighted by molar-refractivity contribution is 7.17. The minimum Gasteiger partial charge on any atom is -0.508 e. The van der Waals surface area contributed by atoms with E-state index in [1.54, 1.807) is 44.2 Å². The highest BCUT2D eigenvalue weighted by Crippen LogP contribution is 2.43. The molecule has 1 aliphatic heterocycles. The van der Waals surface area contributed by atoms with Gasteiger partial charge in [-0.1, -0.05) is 35.1 Å². The van der Waals surface area contributed by atoms with Crippen LogP contribution in [0.1, 0.15) is 55.6 Å². The van der Waals surface area contributed by atoms with Crippen LogP contribution in [0.4, 0.5) is 5.13 Å². The van der Waals surface area contributed by atoms with E-state index in [1.165, 1.54) is 17.0 Å². The Morgan fingerprint density at radius 2 is 2.00 bits per heavy atom. The molecule has 5 rings (SSSR count). The fourth-order valence-electron chi connectivity index (χ4n) is 4.17. The summed E-state index contributed by atoms with van der Waals surface area (Å²) < 4.78 is 11.1. The highest BCUT2D eigenvalue weighted by Gasteiger charge is 2.45. The summed E-state index contributed by atoms with van der Waals surface area (Å²) in [6.07, 6.45) is 0. The van der Waals surface area contributed by atoms with Gasteiger partial charge in [0.2, 0.25) is 5.76 Å². The predicted molar refractivity (Wildman–Crippen MR) is 127 cm³/mol. The number of aryl methyl sites for hydroxylation is 2. The van der Waals surface area contributed by atoms with Crippen LogP contribution in [-0.4, -0.2) is 28.6 Å². The number of rotatable bonds is 4. The van der Waals surface area contributed by atoms with Gasteiger partial charge in [0.25, 0.3) is 5.91 Å². The minimum atomic E-state index is -0.892. The Balaban J connectivity index is 1.76. The quantitative estimate of drug-likeness (QED) is 0.432. The van der Waals surface area contributed by atoms with Crippen molar-refractivity contribution < 1.29 is 23.8 Å². The monoisotopic (exact) mass is 476 g/mol. The third kappa shape index (κ3) is 3.36. The lowest BCUT2D eigenvalue weighted by atomic mass is 9.98. The van der Waals surface area contributed by atoms with E-state index in [9.17, 15) is 19.5 Å². The van der Waals surface area contributed by atoms with Gasteiger partial charge in [0, 0.05) is 0 Å². The molecule has 172 valence electrons. The first-order valence-electron chi connectivity index (χ1n) is 10.6. The van der Waals surface area contributed by atoms with Crippen LogP contribution in [-0.2, 0) is 4.74 Å². The van der Waals surface area contributed by atoms with Crippen molar-refractivity contribution in [2.45, 2.75) is 26.8 Å². The smallest absolute Gasteiger partial charge is 0.350 e. The molecule has 1 aliphatic rings. The molecule has 0 saturated carbocycles. The Bertz CT molecular complexity index is 1540. The van der Waals surface area contributed by atoms with Crippen molar-refractivity contribution in [3.8, 4) is 5.75 Å². The summed E-state index contributed by atoms with van der Waals surface area (Å²) in [7, 11) is 0. The third-order valence-electron chi connectivity index (χ3n) is 5.66. The van der Waals surface area contributed by atoms with Gasteiger partial charge in [0.15, 0.2) is 10.6 Å². The average Bonchev–Trinajstić information content (AvgIpc) is 3.32. The molecule has 1 N–H and O–H groups in total.